The highest BCUT2D eigenvalue weighted by Gasteiger charge is 2.14. The van der Waals surface area contributed by atoms with E-state index in [2.05, 4.69) is 0 Å². The zero-order valence-corrected chi connectivity index (χ0v) is 10.8. The molecule has 1 N–H and O–H groups in total. The molecule has 0 aliphatic rings. The molecule has 18 heavy (non-hydrogen) atoms. The molecule has 0 aliphatic heterocycles. The first-order chi connectivity index (χ1) is 8.50. The summed E-state index contributed by atoms with van der Waals surface area (Å²) in [5.74, 6) is -0.905. The first-order valence-electron chi connectivity index (χ1n) is 5.92. The van der Waals surface area contributed by atoms with Crippen molar-refractivity contribution in [2.75, 3.05) is 0 Å². The highest BCUT2D eigenvalue weighted by molar-refractivity contribution is 6.03. The molecular formula is C14H17NO3. The number of para-hydroxylation sites is 1. The molecule has 0 aliphatic carbocycles. The van der Waals surface area contributed by atoms with E-state index in [1.807, 2.05) is 37.7 Å². The highest BCUT2D eigenvalue weighted by atomic mass is 16.5. The van der Waals surface area contributed by atoms with Crippen molar-refractivity contribution in [3.8, 4) is 0 Å². The van der Waals surface area contributed by atoms with Gasteiger partial charge in [0.2, 0.25) is 0 Å². The topological polar surface area (TPSA) is 51.5 Å². The molecule has 0 amide bonds. The zero-order valence-electron chi connectivity index (χ0n) is 10.8. The molecule has 0 unspecified atom stereocenters. The second-order valence-electron chi connectivity index (χ2n) is 4.63. The number of aromatic carboxylic acids is 1. The number of nitrogens with zero attached hydrogens (tertiary/aromatic N) is 1. The lowest BCUT2D eigenvalue weighted by molar-refractivity contribution is 0.0662. The van der Waals surface area contributed by atoms with Gasteiger partial charge in [-0.3, -0.25) is 0 Å². The molecule has 4 heteroatoms. The first-order valence-corrected chi connectivity index (χ1v) is 5.92. The van der Waals surface area contributed by atoms with Gasteiger partial charge in [0.25, 0.3) is 0 Å². The lowest BCUT2D eigenvalue weighted by atomic mass is 10.1. The van der Waals surface area contributed by atoms with Crippen molar-refractivity contribution in [3.05, 3.63) is 35.5 Å². The average Bonchev–Trinajstić information content (AvgIpc) is 2.64. The summed E-state index contributed by atoms with van der Waals surface area (Å²) in [6.07, 6.45) is 2.09. The third-order valence-corrected chi connectivity index (χ3v) is 2.89. The smallest absolute Gasteiger partial charge is 0.337 e. The van der Waals surface area contributed by atoms with E-state index >= 15 is 0 Å². The minimum atomic E-state index is -0.905. The number of ether oxygens (including phenoxy) is 1. The quantitative estimate of drug-likeness (QED) is 0.903. The third kappa shape index (κ3) is 2.24. The number of carbonyl (C=O) groups is 1. The number of carboxylic acids is 1. The van der Waals surface area contributed by atoms with Crippen LogP contribution in [0.15, 0.2) is 24.4 Å². The zero-order chi connectivity index (χ0) is 13.3. The van der Waals surface area contributed by atoms with Crippen LogP contribution in [0.4, 0.5) is 0 Å². The predicted octanol–water partition coefficient (Wildman–Crippen LogP) is 2.80. The minimum Gasteiger partial charge on any atom is -0.478 e. The minimum absolute atomic E-state index is 0.155. The lowest BCUT2D eigenvalue weighted by Gasteiger charge is -2.06. The standard InChI is InChI=1S/C14H17NO3/c1-9(2)18-8-10-7-15(3)13-11(10)5-4-6-12(13)14(16)17/h4-7,9H,8H2,1-3H3,(H,16,17). The van der Waals surface area contributed by atoms with Crippen molar-refractivity contribution in [2.45, 2.75) is 26.6 Å². The average molecular weight is 247 g/mol. The molecule has 1 aromatic heterocycles. The van der Waals surface area contributed by atoms with E-state index in [0.29, 0.717) is 12.2 Å². The molecule has 0 saturated carbocycles. The summed E-state index contributed by atoms with van der Waals surface area (Å²) in [4.78, 5) is 11.2. The fourth-order valence-corrected chi connectivity index (χ4v) is 2.09. The van der Waals surface area contributed by atoms with Gasteiger partial charge >= 0.3 is 5.97 Å². The molecule has 4 nitrogen and oxygen atoms in total. The number of benzene rings is 1. The molecule has 0 atom stereocenters. The number of aromatic nitrogens is 1. The number of fused-ring (bicyclic) bond motifs is 1. The Hall–Kier alpha value is -1.81. The largest absolute Gasteiger partial charge is 0.478 e. The van der Waals surface area contributed by atoms with Crippen molar-refractivity contribution < 1.29 is 14.6 Å². The van der Waals surface area contributed by atoms with Gasteiger partial charge in [-0.05, 0) is 19.9 Å². The number of aryl methyl sites for hydroxylation is 1. The maximum absolute atomic E-state index is 11.2. The van der Waals surface area contributed by atoms with Gasteiger partial charge in [-0.15, -0.1) is 0 Å². The fourth-order valence-electron chi connectivity index (χ4n) is 2.09. The SMILES string of the molecule is CC(C)OCc1cn(C)c2c(C(=O)O)cccc12. The van der Waals surface area contributed by atoms with Gasteiger partial charge < -0.3 is 14.4 Å². The second-order valence-corrected chi connectivity index (χ2v) is 4.63. The van der Waals surface area contributed by atoms with Crippen LogP contribution in [0.25, 0.3) is 10.9 Å². The number of rotatable bonds is 4. The molecule has 0 radical (unpaired) electrons. The monoisotopic (exact) mass is 247 g/mol. The summed E-state index contributed by atoms with van der Waals surface area (Å²) < 4.78 is 7.43. The van der Waals surface area contributed by atoms with E-state index in [1.54, 1.807) is 12.1 Å². The van der Waals surface area contributed by atoms with Gasteiger partial charge in [-0.2, -0.15) is 0 Å². The Morgan fingerprint density at radius 1 is 1.44 bits per heavy atom. The van der Waals surface area contributed by atoms with Crippen molar-refractivity contribution in [1.29, 1.82) is 0 Å². The number of carboxylic acid groups (broad SMARTS) is 1. The van der Waals surface area contributed by atoms with Crippen LogP contribution in [0.2, 0.25) is 0 Å². The molecule has 2 aromatic rings. The van der Waals surface area contributed by atoms with Gasteiger partial charge in [-0.1, -0.05) is 12.1 Å². The normalized spacial score (nSPS) is 11.3. The molecule has 0 fully saturated rings. The van der Waals surface area contributed by atoms with E-state index in [0.717, 1.165) is 16.5 Å². The summed E-state index contributed by atoms with van der Waals surface area (Å²) in [6, 6.07) is 5.32. The van der Waals surface area contributed by atoms with Crippen LogP contribution in [0.1, 0.15) is 29.8 Å². The fraction of sp³-hybridized carbons (Fsp3) is 0.357. The first kappa shape index (κ1) is 12.6. The van der Waals surface area contributed by atoms with Crippen LogP contribution < -0.4 is 0 Å². The van der Waals surface area contributed by atoms with E-state index < -0.39 is 5.97 Å². The Balaban J connectivity index is 2.52. The Kier molecular flexibility index (Phi) is 3.39. The molecule has 0 bridgehead atoms. The van der Waals surface area contributed by atoms with Gasteiger partial charge in [0.05, 0.1) is 23.8 Å². The van der Waals surface area contributed by atoms with Gasteiger partial charge in [0.15, 0.2) is 0 Å². The maximum atomic E-state index is 11.2. The summed E-state index contributed by atoms with van der Waals surface area (Å²) >= 11 is 0. The molecule has 0 spiro atoms. The lowest BCUT2D eigenvalue weighted by Crippen LogP contribution is -2.01. The van der Waals surface area contributed by atoms with Gasteiger partial charge in [-0.25, -0.2) is 4.79 Å². The summed E-state index contributed by atoms with van der Waals surface area (Å²) in [5, 5.41) is 10.1. The predicted molar refractivity (Wildman–Crippen MR) is 69.8 cm³/mol. The van der Waals surface area contributed by atoms with Crippen LogP contribution >= 0.6 is 0 Å². The third-order valence-electron chi connectivity index (χ3n) is 2.89. The molecule has 96 valence electrons. The maximum Gasteiger partial charge on any atom is 0.337 e. The van der Waals surface area contributed by atoms with Gasteiger partial charge in [0, 0.05) is 24.2 Å². The van der Waals surface area contributed by atoms with Crippen LogP contribution in [-0.4, -0.2) is 21.7 Å². The Labute approximate surface area is 106 Å². The summed E-state index contributed by atoms with van der Waals surface area (Å²) in [7, 11) is 1.85. The van der Waals surface area contributed by atoms with E-state index in [1.165, 1.54) is 0 Å². The van der Waals surface area contributed by atoms with E-state index in [9.17, 15) is 9.90 Å². The van der Waals surface area contributed by atoms with Crippen molar-refractivity contribution in [2.24, 2.45) is 7.05 Å². The van der Waals surface area contributed by atoms with Crippen LogP contribution in [0.3, 0.4) is 0 Å². The van der Waals surface area contributed by atoms with Crippen LogP contribution in [0, 0.1) is 0 Å². The van der Waals surface area contributed by atoms with Crippen LogP contribution in [-0.2, 0) is 18.4 Å². The van der Waals surface area contributed by atoms with E-state index in [-0.39, 0.29) is 6.10 Å². The number of hydrogen-bond donors (Lipinski definition) is 1. The van der Waals surface area contributed by atoms with Crippen molar-refractivity contribution >= 4 is 16.9 Å². The molecule has 0 saturated heterocycles. The molecule has 1 heterocycles. The Morgan fingerprint density at radius 2 is 2.17 bits per heavy atom. The van der Waals surface area contributed by atoms with E-state index in [4.69, 9.17) is 4.74 Å². The summed E-state index contributed by atoms with van der Waals surface area (Å²) in [6.45, 7) is 4.46. The second kappa shape index (κ2) is 4.82. The highest BCUT2D eigenvalue weighted by Crippen LogP contribution is 2.25. The molecule has 1 aromatic carbocycles. The molecule has 2 rings (SSSR count). The Morgan fingerprint density at radius 3 is 2.78 bits per heavy atom. The van der Waals surface area contributed by atoms with Gasteiger partial charge in [0.1, 0.15) is 0 Å². The van der Waals surface area contributed by atoms with Crippen LogP contribution in [0.5, 0.6) is 0 Å². The Bertz CT molecular complexity index is 584. The molecular weight excluding hydrogens is 230 g/mol. The number of hydrogen-bond acceptors (Lipinski definition) is 2. The van der Waals surface area contributed by atoms with Crippen molar-refractivity contribution in [3.63, 3.8) is 0 Å². The van der Waals surface area contributed by atoms with Crippen molar-refractivity contribution in [1.82, 2.24) is 4.57 Å². The summed E-state index contributed by atoms with van der Waals surface area (Å²) in [5.41, 5.74) is 2.09.